The van der Waals surface area contributed by atoms with Crippen LogP contribution in [0.1, 0.15) is 73.2 Å². The molecule has 0 saturated carbocycles. The second-order valence-corrected chi connectivity index (χ2v) is 11.7. The minimum Gasteiger partial charge on any atom is -0.481 e. The number of ether oxygens (including phenoxy) is 2. The lowest BCUT2D eigenvalue weighted by molar-refractivity contribution is -0.253. The first kappa shape index (κ1) is 31.8. The van der Waals surface area contributed by atoms with Crippen molar-refractivity contribution < 1.29 is 34.4 Å². The Kier molecular flexibility index (Phi) is 11.1. The van der Waals surface area contributed by atoms with E-state index in [1.54, 1.807) is 0 Å². The Hall–Kier alpha value is -3.60. The van der Waals surface area contributed by atoms with Gasteiger partial charge in [0.15, 0.2) is 6.29 Å². The fourth-order valence-corrected chi connectivity index (χ4v) is 6.05. The SMILES string of the molecule is O=C(O)CCCC(=O)NCc1cccc(-c2cccc([C@@H]3O[C@H](CN4CCC[C@H]4CO)C[C@H](c4ccc(CO)cc4)O3)c2)c1. The molecular formula is C35H42N2O7. The lowest BCUT2D eigenvalue weighted by atomic mass is 9.98. The molecule has 0 aromatic heterocycles. The molecule has 2 saturated heterocycles. The zero-order chi connectivity index (χ0) is 30.9. The maximum Gasteiger partial charge on any atom is 0.303 e. The van der Waals surface area contributed by atoms with Crippen molar-refractivity contribution in [3.63, 3.8) is 0 Å². The lowest BCUT2D eigenvalue weighted by Gasteiger charge is -2.38. The van der Waals surface area contributed by atoms with Gasteiger partial charge in [0, 0.05) is 44.0 Å². The van der Waals surface area contributed by atoms with Crippen LogP contribution in [0.2, 0.25) is 0 Å². The fraction of sp³-hybridized carbons (Fsp3) is 0.429. The van der Waals surface area contributed by atoms with Gasteiger partial charge in [0.1, 0.15) is 0 Å². The van der Waals surface area contributed by atoms with E-state index in [9.17, 15) is 19.8 Å². The van der Waals surface area contributed by atoms with E-state index in [1.165, 1.54) is 0 Å². The third-order valence-electron chi connectivity index (χ3n) is 8.47. The zero-order valence-electron chi connectivity index (χ0n) is 24.9. The van der Waals surface area contributed by atoms with Crippen molar-refractivity contribution in [2.24, 2.45) is 0 Å². The van der Waals surface area contributed by atoms with Gasteiger partial charge >= 0.3 is 5.97 Å². The van der Waals surface area contributed by atoms with Crippen molar-refractivity contribution in [3.8, 4) is 11.1 Å². The molecule has 2 fully saturated rings. The number of carbonyl (C=O) groups is 2. The average Bonchev–Trinajstić information content (AvgIpc) is 3.50. The highest BCUT2D eigenvalue weighted by atomic mass is 16.7. The third kappa shape index (κ3) is 8.52. The number of aliphatic hydroxyl groups is 2. The van der Waals surface area contributed by atoms with E-state index in [4.69, 9.17) is 14.6 Å². The molecule has 3 aromatic carbocycles. The molecule has 2 heterocycles. The van der Waals surface area contributed by atoms with Gasteiger partial charge in [-0.1, -0.05) is 60.7 Å². The van der Waals surface area contributed by atoms with E-state index in [-0.39, 0.29) is 50.2 Å². The van der Waals surface area contributed by atoms with Crippen LogP contribution in [0.5, 0.6) is 0 Å². The molecule has 4 atom stereocenters. The number of likely N-dealkylation sites (tertiary alicyclic amines) is 1. The molecule has 4 N–H and O–H groups in total. The van der Waals surface area contributed by atoms with Crippen LogP contribution in [0.4, 0.5) is 0 Å². The van der Waals surface area contributed by atoms with E-state index in [0.29, 0.717) is 19.4 Å². The number of carbonyl (C=O) groups excluding carboxylic acids is 1. The highest BCUT2D eigenvalue weighted by molar-refractivity contribution is 5.76. The average molecular weight is 603 g/mol. The van der Waals surface area contributed by atoms with E-state index in [0.717, 1.165) is 59.3 Å². The van der Waals surface area contributed by atoms with Crippen molar-refractivity contribution in [2.45, 2.75) is 76.2 Å². The number of carboxylic acid groups (broad SMARTS) is 1. The normalized spacial score (nSPS) is 22.1. The summed E-state index contributed by atoms with van der Waals surface area (Å²) in [7, 11) is 0. The predicted octanol–water partition coefficient (Wildman–Crippen LogP) is 4.72. The van der Waals surface area contributed by atoms with Crippen molar-refractivity contribution >= 4 is 11.9 Å². The number of nitrogens with zero attached hydrogens (tertiary/aromatic N) is 1. The molecule has 0 unspecified atom stereocenters. The largest absolute Gasteiger partial charge is 0.481 e. The monoisotopic (exact) mass is 602 g/mol. The summed E-state index contributed by atoms with van der Waals surface area (Å²) in [6, 6.07) is 24.1. The van der Waals surface area contributed by atoms with E-state index < -0.39 is 12.3 Å². The predicted molar refractivity (Wildman–Crippen MR) is 165 cm³/mol. The summed E-state index contributed by atoms with van der Waals surface area (Å²) in [4.78, 5) is 25.2. The van der Waals surface area contributed by atoms with Crippen LogP contribution in [0.15, 0.2) is 72.8 Å². The van der Waals surface area contributed by atoms with E-state index >= 15 is 0 Å². The smallest absolute Gasteiger partial charge is 0.303 e. The van der Waals surface area contributed by atoms with Crippen LogP contribution in [0.3, 0.4) is 0 Å². The first-order valence-electron chi connectivity index (χ1n) is 15.4. The minimum absolute atomic E-state index is 0.00910. The molecule has 44 heavy (non-hydrogen) atoms. The number of hydrogen-bond donors (Lipinski definition) is 4. The molecule has 1 amide bonds. The van der Waals surface area contributed by atoms with Crippen molar-refractivity contribution in [1.82, 2.24) is 10.2 Å². The Labute approximate surface area is 258 Å². The molecule has 0 aliphatic carbocycles. The second-order valence-electron chi connectivity index (χ2n) is 11.7. The summed E-state index contributed by atoms with van der Waals surface area (Å²) in [6.45, 7) is 2.16. The number of aliphatic carboxylic acids is 1. The Morgan fingerprint density at radius 2 is 1.66 bits per heavy atom. The highest BCUT2D eigenvalue weighted by Gasteiger charge is 2.35. The van der Waals surface area contributed by atoms with Gasteiger partial charge in [-0.05, 0) is 65.8 Å². The maximum absolute atomic E-state index is 12.1. The van der Waals surface area contributed by atoms with Crippen LogP contribution >= 0.6 is 0 Å². The van der Waals surface area contributed by atoms with Crippen LogP contribution in [-0.2, 0) is 32.2 Å². The maximum atomic E-state index is 12.1. The quantitative estimate of drug-likeness (QED) is 0.221. The van der Waals surface area contributed by atoms with Gasteiger partial charge in [-0.3, -0.25) is 14.5 Å². The van der Waals surface area contributed by atoms with Gasteiger partial charge in [0.2, 0.25) is 5.91 Å². The van der Waals surface area contributed by atoms with Gasteiger partial charge < -0.3 is 30.1 Å². The van der Waals surface area contributed by atoms with E-state index in [1.807, 2.05) is 66.7 Å². The van der Waals surface area contributed by atoms with E-state index in [2.05, 4.69) is 16.3 Å². The number of hydrogen-bond acceptors (Lipinski definition) is 7. The lowest BCUT2D eigenvalue weighted by Crippen LogP contribution is -2.42. The number of rotatable bonds is 13. The van der Waals surface area contributed by atoms with Crippen LogP contribution in [-0.4, -0.2) is 63.9 Å². The van der Waals surface area contributed by atoms with Crippen LogP contribution < -0.4 is 5.32 Å². The number of carboxylic acids is 1. The molecule has 9 nitrogen and oxygen atoms in total. The van der Waals surface area contributed by atoms with Gasteiger partial charge in [-0.15, -0.1) is 0 Å². The number of amides is 1. The van der Waals surface area contributed by atoms with Crippen molar-refractivity contribution in [2.75, 3.05) is 19.7 Å². The minimum atomic E-state index is -0.901. The van der Waals surface area contributed by atoms with Gasteiger partial charge in [-0.25, -0.2) is 0 Å². The molecule has 3 aromatic rings. The van der Waals surface area contributed by atoms with Crippen LogP contribution in [0, 0.1) is 0 Å². The fourth-order valence-electron chi connectivity index (χ4n) is 6.05. The molecule has 9 heteroatoms. The molecular weight excluding hydrogens is 560 g/mol. The molecule has 2 aliphatic heterocycles. The summed E-state index contributed by atoms with van der Waals surface area (Å²) in [5.74, 6) is -1.07. The zero-order valence-corrected chi connectivity index (χ0v) is 24.9. The van der Waals surface area contributed by atoms with Gasteiger partial charge in [-0.2, -0.15) is 0 Å². The topological polar surface area (TPSA) is 129 Å². The first-order valence-corrected chi connectivity index (χ1v) is 15.4. The highest BCUT2D eigenvalue weighted by Crippen LogP contribution is 2.39. The second kappa shape index (κ2) is 15.4. The standard InChI is InChI=1S/C35H42N2O7/c38-22-24-12-14-26(15-13-24)32-19-31(21-37-16-4-9-30(37)23-39)43-35(44-32)29-8-2-7-28(18-29)27-6-1-5-25(17-27)20-36-33(40)10-3-11-34(41)42/h1-2,5-8,12-15,17-18,30-32,35,38-39H,3-4,9-11,16,19-23H2,(H,36,40)(H,41,42)/t30-,31-,32+,35+/m0/s1. The number of aliphatic hydroxyl groups excluding tert-OH is 2. The molecule has 0 bridgehead atoms. The molecule has 5 rings (SSSR count). The molecule has 234 valence electrons. The van der Waals surface area contributed by atoms with Crippen molar-refractivity contribution in [1.29, 1.82) is 0 Å². The molecule has 0 radical (unpaired) electrons. The number of nitrogens with one attached hydrogen (secondary N) is 1. The summed E-state index contributed by atoms with van der Waals surface area (Å²) in [5.41, 5.74) is 5.73. The first-order chi connectivity index (χ1) is 21.4. The summed E-state index contributed by atoms with van der Waals surface area (Å²) < 4.78 is 13.2. The van der Waals surface area contributed by atoms with Gasteiger partial charge in [0.25, 0.3) is 0 Å². The Balaban J connectivity index is 1.31. The Morgan fingerprint density at radius 1 is 0.886 bits per heavy atom. The van der Waals surface area contributed by atoms with Gasteiger partial charge in [0.05, 0.1) is 25.4 Å². The summed E-state index contributed by atoms with van der Waals surface area (Å²) in [6.07, 6.45) is 2.36. The Morgan fingerprint density at radius 3 is 2.41 bits per heavy atom. The van der Waals surface area contributed by atoms with Crippen molar-refractivity contribution in [3.05, 3.63) is 95.1 Å². The molecule has 0 spiro atoms. The van der Waals surface area contributed by atoms with Crippen LogP contribution in [0.25, 0.3) is 11.1 Å². The third-order valence-corrected chi connectivity index (χ3v) is 8.47. The Bertz CT molecular complexity index is 1400. The number of benzene rings is 3. The summed E-state index contributed by atoms with van der Waals surface area (Å²) >= 11 is 0. The summed E-state index contributed by atoms with van der Waals surface area (Å²) in [5, 5.41) is 31.0. The molecule has 2 aliphatic rings.